The van der Waals surface area contributed by atoms with E-state index >= 15 is 0 Å². The first-order valence-corrected chi connectivity index (χ1v) is 9.02. The smallest absolute Gasteiger partial charge is 0.318 e. The second-order valence-corrected chi connectivity index (χ2v) is 7.58. The zero-order valence-corrected chi connectivity index (χ0v) is 14.5. The summed E-state index contributed by atoms with van der Waals surface area (Å²) in [4.78, 5) is -0.375. The highest BCUT2D eigenvalue weighted by Crippen LogP contribution is 2.30. The number of nitriles is 1. The molecule has 0 saturated heterocycles. The van der Waals surface area contributed by atoms with E-state index < -0.39 is 21.6 Å². The Hall–Kier alpha value is -2.53. The number of aromatic nitrogens is 1. The van der Waals surface area contributed by atoms with Gasteiger partial charge in [-0.2, -0.15) is 18.4 Å². The molecule has 2 rings (SSSR count). The number of hydrogen-bond acceptors (Lipinski definition) is 3. The average Bonchev–Trinajstić information content (AvgIpc) is 2.77. The van der Waals surface area contributed by atoms with Crippen LogP contribution in [0.15, 0.2) is 35.2 Å². The molecule has 2 aromatic rings. The van der Waals surface area contributed by atoms with Crippen molar-refractivity contribution in [1.29, 1.82) is 5.26 Å². The maximum Gasteiger partial charge on any atom is 0.416 e. The minimum atomic E-state index is -4.41. The molecule has 0 saturated carbocycles. The Kier molecular flexibility index (Phi) is 4.82. The molecule has 0 N–H and O–H groups in total. The highest BCUT2D eigenvalue weighted by atomic mass is 32.2. The van der Waals surface area contributed by atoms with E-state index in [0.717, 1.165) is 18.4 Å². The Labute approximate surface area is 143 Å². The SMILES string of the molecule is Cc1cc(C=C(C#N)S(C)(=O)=O)c(C)n1-c1ccc(C(F)(F)F)cc1. The zero-order valence-electron chi connectivity index (χ0n) is 13.7. The van der Waals surface area contributed by atoms with Crippen LogP contribution in [-0.4, -0.2) is 19.2 Å². The normalized spacial score (nSPS) is 12.9. The molecule has 1 heterocycles. The summed E-state index contributed by atoms with van der Waals surface area (Å²) < 4.78 is 62.9. The lowest BCUT2D eigenvalue weighted by Crippen LogP contribution is -2.06. The van der Waals surface area contributed by atoms with Crippen molar-refractivity contribution < 1.29 is 21.6 Å². The summed E-state index contributed by atoms with van der Waals surface area (Å²) in [5, 5.41) is 9.00. The van der Waals surface area contributed by atoms with Crippen LogP contribution in [0.3, 0.4) is 0 Å². The third-order valence-corrected chi connectivity index (χ3v) is 4.73. The molecule has 0 aliphatic carbocycles. The molecule has 0 aliphatic heterocycles. The van der Waals surface area contributed by atoms with Crippen molar-refractivity contribution in [3.63, 3.8) is 0 Å². The van der Waals surface area contributed by atoms with Crippen LogP contribution >= 0.6 is 0 Å². The van der Waals surface area contributed by atoms with Crippen LogP contribution in [0.4, 0.5) is 13.2 Å². The fourth-order valence-corrected chi connectivity index (χ4v) is 3.00. The minimum Gasteiger partial charge on any atom is -0.318 e. The van der Waals surface area contributed by atoms with E-state index in [1.54, 1.807) is 30.6 Å². The van der Waals surface area contributed by atoms with Gasteiger partial charge in [0.25, 0.3) is 0 Å². The Morgan fingerprint density at radius 1 is 1.20 bits per heavy atom. The van der Waals surface area contributed by atoms with E-state index in [1.807, 2.05) is 0 Å². The third kappa shape index (κ3) is 3.94. The average molecular weight is 368 g/mol. The number of benzene rings is 1. The Morgan fingerprint density at radius 3 is 2.20 bits per heavy atom. The lowest BCUT2D eigenvalue weighted by molar-refractivity contribution is -0.137. The van der Waals surface area contributed by atoms with Crippen LogP contribution in [0.5, 0.6) is 0 Å². The number of alkyl halides is 3. The van der Waals surface area contributed by atoms with Gasteiger partial charge >= 0.3 is 6.18 Å². The molecular weight excluding hydrogens is 353 g/mol. The molecule has 0 radical (unpaired) electrons. The van der Waals surface area contributed by atoms with E-state index in [2.05, 4.69) is 0 Å². The molecule has 0 atom stereocenters. The lowest BCUT2D eigenvalue weighted by Gasteiger charge is -2.12. The third-order valence-electron chi connectivity index (χ3n) is 3.72. The topological polar surface area (TPSA) is 62.9 Å². The van der Waals surface area contributed by atoms with Gasteiger partial charge in [0.2, 0.25) is 0 Å². The van der Waals surface area contributed by atoms with Crippen molar-refractivity contribution in [2.45, 2.75) is 20.0 Å². The summed E-state index contributed by atoms with van der Waals surface area (Å²) in [5.74, 6) is 0. The Balaban J connectivity index is 2.54. The van der Waals surface area contributed by atoms with Crippen LogP contribution < -0.4 is 0 Å². The van der Waals surface area contributed by atoms with E-state index in [0.29, 0.717) is 22.6 Å². The zero-order chi connectivity index (χ0) is 19.0. The number of sulfone groups is 1. The van der Waals surface area contributed by atoms with Crippen LogP contribution in [-0.2, 0) is 16.0 Å². The second kappa shape index (κ2) is 6.41. The fraction of sp³-hybridized carbons (Fsp3) is 0.235. The molecule has 1 aromatic heterocycles. The molecule has 132 valence electrons. The molecule has 4 nitrogen and oxygen atoms in total. The fourth-order valence-electron chi connectivity index (χ4n) is 2.49. The van der Waals surface area contributed by atoms with Crippen molar-refractivity contribution in [3.8, 4) is 11.8 Å². The molecule has 0 fully saturated rings. The van der Waals surface area contributed by atoms with Gasteiger partial charge in [0.1, 0.15) is 11.0 Å². The maximum atomic E-state index is 12.7. The first kappa shape index (κ1) is 18.8. The lowest BCUT2D eigenvalue weighted by atomic mass is 10.2. The van der Waals surface area contributed by atoms with E-state index in [1.165, 1.54) is 18.2 Å². The number of allylic oxidation sites excluding steroid dienone is 1. The van der Waals surface area contributed by atoms with E-state index in [4.69, 9.17) is 5.26 Å². The van der Waals surface area contributed by atoms with Crippen LogP contribution in [0.25, 0.3) is 11.8 Å². The number of halogens is 3. The van der Waals surface area contributed by atoms with Gasteiger partial charge in [-0.3, -0.25) is 0 Å². The summed E-state index contributed by atoms with van der Waals surface area (Å²) in [5.41, 5.74) is 1.60. The molecule has 8 heteroatoms. The van der Waals surface area contributed by atoms with Crippen molar-refractivity contribution >= 4 is 15.9 Å². The van der Waals surface area contributed by atoms with Crippen molar-refractivity contribution in [1.82, 2.24) is 4.57 Å². The molecule has 1 aromatic carbocycles. The molecule has 0 unspecified atom stereocenters. The van der Waals surface area contributed by atoms with Gasteiger partial charge in [0, 0.05) is 23.3 Å². The predicted molar refractivity (Wildman–Crippen MR) is 88.7 cm³/mol. The molecule has 0 spiro atoms. The predicted octanol–water partition coefficient (Wildman–Crippen LogP) is 4.02. The summed E-state index contributed by atoms with van der Waals surface area (Å²) in [7, 11) is -3.65. The first-order valence-electron chi connectivity index (χ1n) is 7.13. The standard InChI is InChI=1S/C17H15F3N2O2S/c1-11-8-13(9-16(10-21)25(3,23)24)12(2)22(11)15-6-4-14(5-7-15)17(18,19)20/h4-9H,1-3H3. The molecule has 25 heavy (non-hydrogen) atoms. The van der Waals surface area contributed by atoms with E-state index in [-0.39, 0.29) is 4.91 Å². The number of hydrogen-bond donors (Lipinski definition) is 0. The highest BCUT2D eigenvalue weighted by Gasteiger charge is 2.30. The maximum absolute atomic E-state index is 12.7. The van der Waals surface area contributed by atoms with Gasteiger partial charge in [-0.1, -0.05) is 0 Å². The largest absolute Gasteiger partial charge is 0.416 e. The molecule has 0 amide bonds. The van der Waals surface area contributed by atoms with Gasteiger partial charge < -0.3 is 4.57 Å². The minimum absolute atomic E-state index is 0.375. The van der Waals surface area contributed by atoms with Gasteiger partial charge in [0.05, 0.1) is 5.56 Å². The van der Waals surface area contributed by atoms with E-state index in [9.17, 15) is 21.6 Å². The van der Waals surface area contributed by atoms with Crippen LogP contribution in [0.1, 0.15) is 22.5 Å². The van der Waals surface area contributed by atoms with Crippen LogP contribution in [0, 0.1) is 25.2 Å². The molecular formula is C17H15F3N2O2S. The first-order chi connectivity index (χ1) is 11.4. The van der Waals surface area contributed by atoms with Gasteiger partial charge in [0.15, 0.2) is 9.84 Å². The van der Waals surface area contributed by atoms with Crippen molar-refractivity contribution in [3.05, 3.63) is 57.8 Å². The highest BCUT2D eigenvalue weighted by molar-refractivity contribution is 7.95. The summed E-state index contributed by atoms with van der Waals surface area (Å²) in [6, 6.07) is 7.99. The quantitative estimate of drug-likeness (QED) is 0.769. The van der Waals surface area contributed by atoms with Gasteiger partial charge in [-0.15, -0.1) is 0 Å². The molecule has 0 aliphatic rings. The summed E-state index contributed by atoms with van der Waals surface area (Å²) in [6.07, 6.45) is -2.21. The van der Waals surface area contributed by atoms with Gasteiger partial charge in [-0.05, 0) is 55.8 Å². The Morgan fingerprint density at radius 2 is 1.76 bits per heavy atom. The molecule has 0 bridgehead atoms. The van der Waals surface area contributed by atoms with Crippen LogP contribution in [0.2, 0.25) is 0 Å². The second-order valence-electron chi connectivity index (χ2n) is 5.60. The number of aryl methyl sites for hydroxylation is 1. The summed E-state index contributed by atoms with van der Waals surface area (Å²) >= 11 is 0. The number of rotatable bonds is 3. The van der Waals surface area contributed by atoms with Gasteiger partial charge in [-0.25, -0.2) is 8.42 Å². The van der Waals surface area contributed by atoms with Crippen molar-refractivity contribution in [2.24, 2.45) is 0 Å². The van der Waals surface area contributed by atoms with Crippen molar-refractivity contribution in [2.75, 3.05) is 6.26 Å². The number of nitrogens with zero attached hydrogens (tertiary/aromatic N) is 2. The Bertz CT molecular complexity index is 977. The monoisotopic (exact) mass is 368 g/mol. The summed E-state index contributed by atoms with van der Waals surface area (Å²) in [6.45, 7) is 3.45.